The van der Waals surface area contributed by atoms with Crippen molar-refractivity contribution in [3.05, 3.63) is 94.8 Å². The summed E-state index contributed by atoms with van der Waals surface area (Å²) in [6.07, 6.45) is 1.33. The van der Waals surface area contributed by atoms with Crippen LogP contribution < -0.4 is 5.32 Å². The maximum absolute atomic E-state index is 12.8. The summed E-state index contributed by atoms with van der Waals surface area (Å²) in [5.41, 5.74) is 5.12. The second kappa shape index (κ2) is 12.0. The van der Waals surface area contributed by atoms with E-state index in [1.165, 1.54) is 0 Å². The summed E-state index contributed by atoms with van der Waals surface area (Å²) in [6, 6.07) is 20.4. The molecule has 2 amide bonds. The number of rotatable bonds is 7. The van der Waals surface area contributed by atoms with Gasteiger partial charge in [0.05, 0.1) is 12.1 Å². The Kier molecular flexibility index (Phi) is 8.11. The lowest BCUT2D eigenvalue weighted by Gasteiger charge is -2.31. The third kappa shape index (κ3) is 6.15. The highest BCUT2D eigenvalue weighted by molar-refractivity contribution is 5.94. The fourth-order valence-corrected chi connectivity index (χ4v) is 4.89. The van der Waals surface area contributed by atoms with Crippen molar-refractivity contribution in [1.82, 2.24) is 15.2 Å². The van der Waals surface area contributed by atoms with E-state index < -0.39 is 0 Å². The van der Waals surface area contributed by atoms with Gasteiger partial charge in [0.25, 0.3) is 5.91 Å². The van der Waals surface area contributed by atoms with Gasteiger partial charge < -0.3 is 19.4 Å². The number of hydrogen-bond donors (Lipinski definition) is 1. The van der Waals surface area contributed by atoms with E-state index in [1.54, 1.807) is 23.1 Å². The van der Waals surface area contributed by atoms with Crippen molar-refractivity contribution in [3.63, 3.8) is 0 Å². The van der Waals surface area contributed by atoms with Crippen molar-refractivity contribution < 1.29 is 18.7 Å². The van der Waals surface area contributed by atoms with E-state index in [2.05, 4.69) is 29.0 Å². The zero-order valence-corrected chi connectivity index (χ0v) is 22.7. The Morgan fingerprint density at radius 2 is 1.82 bits per heavy atom. The second-order valence-electron chi connectivity index (χ2n) is 10.4. The topological polar surface area (TPSA) is 89.0 Å². The van der Waals surface area contributed by atoms with Gasteiger partial charge in [0, 0.05) is 30.8 Å². The number of benzene rings is 3. The molecule has 0 spiro atoms. The maximum atomic E-state index is 12.8. The Balaban J connectivity index is 1.12. The lowest BCUT2D eigenvalue weighted by atomic mass is 9.97. The van der Waals surface area contributed by atoms with Gasteiger partial charge in [-0.3, -0.25) is 4.79 Å². The number of carbonyl (C=O) groups excluding carboxylic acids is 2. The predicted molar refractivity (Wildman–Crippen MR) is 153 cm³/mol. The number of ether oxygens (including phenoxy) is 1. The van der Waals surface area contributed by atoms with E-state index in [1.807, 2.05) is 48.5 Å². The number of amides is 2. The van der Waals surface area contributed by atoms with Gasteiger partial charge in [0.2, 0.25) is 5.89 Å². The van der Waals surface area contributed by atoms with E-state index in [0.717, 1.165) is 29.5 Å². The first-order valence-corrected chi connectivity index (χ1v) is 13.6. The SMILES string of the molecule is [C-]#[N+]c1cc(C(C)C)c2oc(-c3ccc(C(=O)NCC4CCN(C(=O)OCc5ccccc5)CC4)cc3)nc2c1. The molecule has 1 N–H and O–H groups in total. The van der Waals surface area contributed by atoms with Crippen LogP contribution in [0.15, 0.2) is 71.1 Å². The lowest BCUT2D eigenvalue weighted by Crippen LogP contribution is -2.41. The van der Waals surface area contributed by atoms with Crippen LogP contribution in [0.5, 0.6) is 0 Å². The number of fused-ring (bicyclic) bond motifs is 1. The Labute approximate surface area is 233 Å². The van der Waals surface area contributed by atoms with Crippen molar-refractivity contribution in [2.45, 2.75) is 39.2 Å². The number of nitrogens with zero attached hydrogens (tertiary/aromatic N) is 3. The van der Waals surface area contributed by atoms with Crippen LogP contribution in [-0.4, -0.2) is 41.5 Å². The molecule has 0 unspecified atom stereocenters. The van der Waals surface area contributed by atoms with Gasteiger partial charge in [-0.15, -0.1) is 0 Å². The standard InChI is InChI=1S/C32H32N4O4/c1-21(2)27-17-26(33-3)18-28-29(27)40-31(35-28)25-11-9-24(10-12-25)30(37)34-19-22-13-15-36(16-14-22)32(38)39-20-23-7-5-4-6-8-23/h4-12,17-18,21-22H,13-16,19-20H2,1-2H3,(H,34,37). The number of likely N-dealkylation sites (tertiary alicyclic amines) is 1. The predicted octanol–water partition coefficient (Wildman–Crippen LogP) is 6.95. The normalized spacial score (nSPS) is 13.8. The molecule has 1 saturated heterocycles. The molecule has 0 bridgehead atoms. The Morgan fingerprint density at radius 3 is 2.50 bits per heavy atom. The number of oxazole rings is 1. The highest BCUT2D eigenvalue weighted by Gasteiger charge is 2.24. The van der Waals surface area contributed by atoms with E-state index in [0.29, 0.717) is 53.8 Å². The van der Waals surface area contributed by atoms with Gasteiger partial charge in [0.15, 0.2) is 11.3 Å². The molecule has 8 heteroatoms. The quantitative estimate of drug-likeness (QED) is 0.258. The molecule has 40 heavy (non-hydrogen) atoms. The number of aromatic nitrogens is 1. The molecule has 0 aliphatic carbocycles. The van der Waals surface area contributed by atoms with Crippen molar-refractivity contribution in [3.8, 4) is 11.5 Å². The van der Waals surface area contributed by atoms with Gasteiger partial charge >= 0.3 is 6.09 Å². The van der Waals surface area contributed by atoms with Crippen LogP contribution >= 0.6 is 0 Å². The smallest absolute Gasteiger partial charge is 0.410 e. The third-order valence-corrected chi connectivity index (χ3v) is 7.28. The first-order valence-electron chi connectivity index (χ1n) is 13.6. The summed E-state index contributed by atoms with van der Waals surface area (Å²) in [5, 5.41) is 3.03. The zero-order chi connectivity index (χ0) is 28.1. The van der Waals surface area contributed by atoms with Crippen LogP contribution in [0.25, 0.3) is 27.4 Å². The average Bonchev–Trinajstić information content (AvgIpc) is 3.43. The van der Waals surface area contributed by atoms with Crippen LogP contribution in [0.3, 0.4) is 0 Å². The number of nitrogens with one attached hydrogen (secondary N) is 1. The molecular formula is C32H32N4O4. The maximum Gasteiger partial charge on any atom is 0.410 e. The molecule has 1 aliphatic rings. The minimum Gasteiger partial charge on any atom is -0.445 e. The molecule has 1 aliphatic heterocycles. The molecule has 5 rings (SSSR count). The molecule has 2 heterocycles. The monoisotopic (exact) mass is 536 g/mol. The van der Waals surface area contributed by atoms with Crippen LogP contribution in [0.4, 0.5) is 10.5 Å². The Hall–Kier alpha value is -4.64. The van der Waals surface area contributed by atoms with E-state index in [4.69, 9.17) is 15.7 Å². The van der Waals surface area contributed by atoms with Gasteiger partial charge in [-0.25, -0.2) is 14.6 Å². The summed E-state index contributed by atoms with van der Waals surface area (Å²) in [5.74, 6) is 0.811. The first-order chi connectivity index (χ1) is 19.4. The fraction of sp³-hybridized carbons (Fsp3) is 0.312. The largest absolute Gasteiger partial charge is 0.445 e. The highest BCUT2D eigenvalue weighted by atomic mass is 16.6. The molecule has 8 nitrogen and oxygen atoms in total. The lowest BCUT2D eigenvalue weighted by molar-refractivity contribution is 0.0801. The summed E-state index contributed by atoms with van der Waals surface area (Å²) in [6.45, 7) is 13.5. The first kappa shape index (κ1) is 26.9. The Bertz CT molecular complexity index is 1530. The summed E-state index contributed by atoms with van der Waals surface area (Å²) >= 11 is 0. The molecule has 1 fully saturated rings. The zero-order valence-electron chi connectivity index (χ0n) is 22.7. The summed E-state index contributed by atoms with van der Waals surface area (Å²) < 4.78 is 11.5. The number of carbonyl (C=O) groups is 2. The van der Waals surface area contributed by atoms with Crippen molar-refractivity contribution in [2.75, 3.05) is 19.6 Å². The van der Waals surface area contributed by atoms with Crippen LogP contribution in [0.2, 0.25) is 0 Å². The van der Waals surface area contributed by atoms with Gasteiger partial charge in [0.1, 0.15) is 6.61 Å². The van der Waals surface area contributed by atoms with Gasteiger partial charge in [-0.1, -0.05) is 44.2 Å². The average molecular weight is 537 g/mol. The molecule has 4 aromatic rings. The highest BCUT2D eigenvalue weighted by Crippen LogP contribution is 2.34. The van der Waals surface area contributed by atoms with Crippen LogP contribution in [-0.2, 0) is 11.3 Å². The van der Waals surface area contributed by atoms with E-state index >= 15 is 0 Å². The molecule has 0 radical (unpaired) electrons. The fourth-order valence-electron chi connectivity index (χ4n) is 4.89. The molecule has 204 valence electrons. The van der Waals surface area contributed by atoms with Crippen molar-refractivity contribution in [1.29, 1.82) is 0 Å². The third-order valence-electron chi connectivity index (χ3n) is 7.28. The van der Waals surface area contributed by atoms with Gasteiger partial charge in [-0.2, -0.15) is 0 Å². The van der Waals surface area contributed by atoms with Crippen molar-refractivity contribution in [2.24, 2.45) is 5.92 Å². The molecule has 1 aromatic heterocycles. The molecule has 3 aromatic carbocycles. The number of hydrogen-bond acceptors (Lipinski definition) is 5. The molecular weight excluding hydrogens is 504 g/mol. The minimum absolute atomic E-state index is 0.141. The van der Waals surface area contributed by atoms with Gasteiger partial charge in [-0.05, 0) is 72.2 Å². The molecule has 0 saturated carbocycles. The summed E-state index contributed by atoms with van der Waals surface area (Å²) in [7, 11) is 0. The number of piperidine rings is 1. The van der Waals surface area contributed by atoms with Crippen LogP contribution in [0.1, 0.15) is 54.1 Å². The summed E-state index contributed by atoms with van der Waals surface area (Å²) in [4.78, 5) is 35.1. The second-order valence-corrected chi connectivity index (χ2v) is 10.4. The minimum atomic E-state index is -0.294. The Morgan fingerprint density at radius 1 is 1.10 bits per heavy atom. The van der Waals surface area contributed by atoms with Crippen molar-refractivity contribution >= 4 is 28.8 Å². The molecule has 0 atom stereocenters. The van der Waals surface area contributed by atoms with Crippen LogP contribution in [0, 0.1) is 12.5 Å². The van der Waals surface area contributed by atoms with E-state index in [-0.39, 0.29) is 24.5 Å². The van der Waals surface area contributed by atoms with E-state index in [9.17, 15) is 9.59 Å².